The lowest BCUT2D eigenvalue weighted by Gasteiger charge is -2.38. The van der Waals surface area contributed by atoms with E-state index < -0.39 is 5.54 Å². The lowest BCUT2D eigenvalue weighted by Crippen LogP contribution is -2.55. The molecule has 0 N–H and O–H groups in total. The number of hydrogen-bond acceptors (Lipinski definition) is 6. The molecule has 130 valence electrons. The van der Waals surface area contributed by atoms with Crippen LogP contribution in [-0.4, -0.2) is 62.2 Å². The van der Waals surface area contributed by atoms with Crippen molar-refractivity contribution < 1.29 is 9.59 Å². The van der Waals surface area contributed by atoms with Gasteiger partial charge >= 0.3 is 0 Å². The van der Waals surface area contributed by atoms with Gasteiger partial charge in [-0.25, -0.2) is 9.97 Å². The second kappa shape index (κ2) is 6.54. The highest BCUT2D eigenvalue weighted by molar-refractivity contribution is 5.99. The van der Waals surface area contributed by atoms with Gasteiger partial charge < -0.3 is 9.80 Å². The minimum absolute atomic E-state index is 0.188. The van der Waals surface area contributed by atoms with Gasteiger partial charge in [-0.05, 0) is 19.8 Å². The second-order valence-electron chi connectivity index (χ2n) is 6.23. The predicted octanol–water partition coefficient (Wildman–Crippen LogP) is 0.795. The SMILES string of the molecule is Cc1ncc(C(=O)N2CCC[C@@]2(C(=O)N(C)C)c2cnccn2)cn1. The Morgan fingerprint density at radius 2 is 1.84 bits per heavy atom. The maximum absolute atomic E-state index is 13.1. The van der Waals surface area contributed by atoms with Gasteiger partial charge in [0.05, 0.1) is 17.5 Å². The molecule has 0 radical (unpaired) electrons. The zero-order valence-electron chi connectivity index (χ0n) is 14.5. The van der Waals surface area contributed by atoms with Crippen molar-refractivity contribution in [2.75, 3.05) is 20.6 Å². The average molecular weight is 340 g/mol. The van der Waals surface area contributed by atoms with E-state index in [-0.39, 0.29) is 11.8 Å². The summed E-state index contributed by atoms with van der Waals surface area (Å²) >= 11 is 0. The minimum atomic E-state index is -1.15. The van der Waals surface area contributed by atoms with Crippen LogP contribution in [0.25, 0.3) is 0 Å². The number of rotatable bonds is 3. The van der Waals surface area contributed by atoms with Crippen molar-refractivity contribution in [2.24, 2.45) is 0 Å². The molecule has 0 aromatic carbocycles. The number of nitrogens with zero attached hydrogens (tertiary/aromatic N) is 6. The van der Waals surface area contributed by atoms with E-state index in [0.717, 1.165) is 0 Å². The Morgan fingerprint density at radius 3 is 2.44 bits per heavy atom. The van der Waals surface area contributed by atoms with Gasteiger partial charge in [0.1, 0.15) is 5.82 Å². The van der Waals surface area contributed by atoms with Crippen LogP contribution in [0, 0.1) is 6.92 Å². The molecule has 0 saturated carbocycles. The summed E-state index contributed by atoms with van der Waals surface area (Å²) in [5.41, 5.74) is -0.320. The molecule has 1 saturated heterocycles. The van der Waals surface area contributed by atoms with Crippen molar-refractivity contribution in [3.63, 3.8) is 0 Å². The average Bonchev–Trinajstić information content (AvgIpc) is 3.07. The molecule has 0 unspecified atom stereocenters. The maximum Gasteiger partial charge on any atom is 0.258 e. The molecule has 8 heteroatoms. The topological polar surface area (TPSA) is 92.2 Å². The van der Waals surface area contributed by atoms with Crippen LogP contribution < -0.4 is 0 Å². The highest BCUT2D eigenvalue weighted by Crippen LogP contribution is 2.40. The van der Waals surface area contributed by atoms with Gasteiger partial charge in [0.15, 0.2) is 5.54 Å². The zero-order valence-corrected chi connectivity index (χ0v) is 14.5. The van der Waals surface area contributed by atoms with Gasteiger partial charge in [0.25, 0.3) is 11.8 Å². The van der Waals surface area contributed by atoms with Gasteiger partial charge in [-0.3, -0.25) is 19.6 Å². The predicted molar refractivity (Wildman–Crippen MR) is 89.4 cm³/mol. The lowest BCUT2D eigenvalue weighted by molar-refractivity contribution is -0.140. The molecule has 2 aromatic heterocycles. The summed E-state index contributed by atoms with van der Waals surface area (Å²) in [6.07, 6.45) is 8.83. The minimum Gasteiger partial charge on any atom is -0.346 e. The number of likely N-dealkylation sites (N-methyl/N-ethyl adjacent to an activating group) is 1. The first-order valence-electron chi connectivity index (χ1n) is 8.05. The van der Waals surface area contributed by atoms with E-state index in [2.05, 4.69) is 19.9 Å². The van der Waals surface area contributed by atoms with Crippen molar-refractivity contribution in [1.29, 1.82) is 0 Å². The number of aryl methyl sites for hydroxylation is 1. The first-order valence-corrected chi connectivity index (χ1v) is 8.05. The molecule has 2 amide bonds. The van der Waals surface area contributed by atoms with Crippen LogP contribution in [0.5, 0.6) is 0 Å². The summed E-state index contributed by atoms with van der Waals surface area (Å²) in [6.45, 7) is 2.21. The van der Waals surface area contributed by atoms with Crippen LogP contribution in [0.15, 0.2) is 31.0 Å². The monoisotopic (exact) mass is 340 g/mol. The van der Waals surface area contributed by atoms with Crippen LogP contribution in [0.1, 0.15) is 34.7 Å². The van der Waals surface area contributed by atoms with Crippen molar-refractivity contribution in [3.05, 3.63) is 48.1 Å². The quantitative estimate of drug-likeness (QED) is 0.820. The number of amides is 2. The van der Waals surface area contributed by atoms with Crippen LogP contribution in [-0.2, 0) is 10.3 Å². The highest BCUT2D eigenvalue weighted by Gasteiger charge is 2.53. The molecule has 2 aromatic rings. The summed E-state index contributed by atoms with van der Waals surface area (Å²) < 4.78 is 0. The number of hydrogen-bond donors (Lipinski definition) is 0. The lowest BCUT2D eigenvalue weighted by atomic mass is 9.90. The van der Waals surface area contributed by atoms with Crippen LogP contribution in [0.4, 0.5) is 0 Å². The molecule has 1 aliphatic rings. The highest BCUT2D eigenvalue weighted by atomic mass is 16.2. The summed E-state index contributed by atoms with van der Waals surface area (Å²) in [5.74, 6) is 0.118. The third-order valence-electron chi connectivity index (χ3n) is 4.40. The normalized spacial score (nSPS) is 19.7. The van der Waals surface area contributed by atoms with E-state index in [0.29, 0.717) is 36.5 Å². The van der Waals surface area contributed by atoms with Crippen molar-refractivity contribution in [3.8, 4) is 0 Å². The van der Waals surface area contributed by atoms with Gasteiger partial charge in [-0.1, -0.05) is 0 Å². The van der Waals surface area contributed by atoms with Crippen molar-refractivity contribution in [1.82, 2.24) is 29.7 Å². The van der Waals surface area contributed by atoms with Gasteiger partial charge in [-0.15, -0.1) is 0 Å². The second-order valence-corrected chi connectivity index (χ2v) is 6.23. The Bertz CT molecular complexity index is 777. The van der Waals surface area contributed by atoms with Crippen LogP contribution in [0.2, 0.25) is 0 Å². The molecule has 0 spiro atoms. The Hall–Kier alpha value is -2.90. The van der Waals surface area contributed by atoms with E-state index in [4.69, 9.17) is 0 Å². The molecule has 25 heavy (non-hydrogen) atoms. The van der Waals surface area contributed by atoms with Crippen LogP contribution in [0.3, 0.4) is 0 Å². The third kappa shape index (κ3) is 2.84. The maximum atomic E-state index is 13.1. The van der Waals surface area contributed by atoms with Gasteiger partial charge in [0, 0.05) is 45.4 Å². The summed E-state index contributed by atoms with van der Waals surface area (Å²) in [7, 11) is 3.35. The molecule has 0 bridgehead atoms. The molecule has 3 rings (SSSR count). The summed E-state index contributed by atoms with van der Waals surface area (Å²) in [6, 6.07) is 0. The summed E-state index contributed by atoms with van der Waals surface area (Å²) in [4.78, 5) is 45.9. The number of carbonyl (C=O) groups excluding carboxylic acids is 2. The van der Waals surface area contributed by atoms with Crippen LogP contribution >= 0.6 is 0 Å². The van der Waals surface area contributed by atoms with E-state index in [1.165, 1.54) is 23.5 Å². The molecule has 3 heterocycles. The van der Waals surface area contributed by atoms with E-state index >= 15 is 0 Å². The fraction of sp³-hybridized carbons (Fsp3) is 0.412. The van der Waals surface area contributed by atoms with Gasteiger partial charge in [0.2, 0.25) is 0 Å². The number of carbonyl (C=O) groups is 2. The third-order valence-corrected chi connectivity index (χ3v) is 4.40. The van der Waals surface area contributed by atoms with E-state index in [1.54, 1.807) is 38.3 Å². The van der Waals surface area contributed by atoms with Crippen molar-refractivity contribution >= 4 is 11.8 Å². The Kier molecular flexibility index (Phi) is 4.43. The summed E-state index contributed by atoms with van der Waals surface area (Å²) in [5, 5.41) is 0. The smallest absolute Gasteiger partial charge is 0.258 e. The first kappa shape index (κ1) is 16.9. The van der Waals surface area contributed by atoms with Crippen molar-refractivity contribution in [2.45, 2.75) is 25.3 Å². The molecule has 8 nitrogen and oxygen atoms in total. The zero-order chi connectivity index (χ0) is 18.0. The first-order chi connectivity index (χ1) is 12.0. The van der Waals surface area contributed by atoms with E-state index in [9.17, 15) is 9.59 Å². The largest absolute Gasteiger partial charge is 0.346 e. The molecule has 0 aliphatic carbocycles. The fourth-order valence-corrected chi connectivity index (χ4v) is 3.23. The Balaban J connectivity index is 2.09. The molecular formula is C17H20N6O2. The molecular weight excluding hydrogens is 320 g/mol. The number of aromatic nitrogens is 4. The fourth-order valence-electron chi connectivity index (χ4n) is 3.23. The molecule has 1 aliphatic heterocycles. The Labute approximate surface area is 145 Å². The Morgan fingerprint density at radius 1 is 1.12 bits per heavy atom. The number of likely N-dealkylation sites (tertiary alicyclic amines) is 1. The van der Waals surface area contributed by atoms with E-state index in [1.807, 2.05) is 0 Å². The molecule has 1 fully saturated rings. The van der Waals surface area contributed by atoms with Gasteiger partial charge in [-0.2, -0.15) is 0 Å². The standard InChI is InChI=1S/C17H20N6O2/c1-12-20-9-13(10-21-12)15(24)23-8-4-5-17(23,16(25)22(2)3)14-11-18-6-7-19-14/h6-7,9-11H,4-5,8H2,1-3H3/t17-/m0/s1. The molecule has 1 atom stereocenters.